The Bertz CT molecular complexity index is 70.6. The van der Waals surface area contributed by atoms with Gasteiger partial charge >= 0.3 is 0 Å². The first-order valence-electron chi connectivity index (χ1n) is 3.90. The minimum atomic E-state index is 0.926. The fourth-order valence-corrected chi connectivity index (χ4v) is 2.41. The molecular weight excluding hydrogens is 128 g/mol. The maximum Gasteiger partial charge on any atom is 0.00188 e. The van der Waals surface area contributed by atoms with E-state index < -0.39 is 0 Å². The summed E-state index contributed by atoms with van der Waals surface area (Å²) in [7, 11) is 0. The molecule has 0 N–H and O–H groups in total. The van der Waals surface area contributed by atoms with E-state index in [-0.39, 0.29) is 0 Å². The summed E-state index contributed by atoms with van der Waals surface area (Å²) in [5.74, 6) is 2.36. The van der Waals surface area contributed by atoms with E-state index in [2.05, 4.69) is 25.6 Å². The Morgan fingerprint density at radius 3 is 2.78 bits per heavy atom. The lowest BCUT2D eigenvalue weighted by Crippen LogP contribution is -1.95. The molecule has 0 amide bonds. The minimum absolute atomic E-state index is 0.926. The van der Waals surface area contributed by atoms with Gasteiger partial charge in [0.15, 0.2) is 0 Å². The zero-order valence-electron chi connectivity index (χ0n) is 6.39. The molecule has 2 atom stereocenters. The number of hydrogen-bond donors (Lipinski definition) is 0. The standard InChI is InChI=1S/C8H16S/c1-7-4-3-5-8(2)9-6-7/h7-8H,3-6H2,1-2H3. The molecule has 0 bridgehead atoms. The van der Waals surface area contributed by atoms with Gasteiger partial charge in [0.25, 0.3) is 0 Å². The van der Waals surface area contributed by atoms with E-state index in [1.165, 1.54) is 25.0 Å². The van der Waals surface area contributed by atoms with E-state index in [0.717, 1.165) is 11.2 Å². The summed E-state index contributed by atoms with van der Waals surface area (Å²) in [6.07, 6.45) is 4.35. The van der Waals surface area contributed by atoms with Crippen LogP contribution in [0, 0.1) is 5.92 Å². The summed E-state index contributed by atoms with van der Waals surface area (Å²) >= 11 is 2.15. The molecule has 0 aromatic carbocycles. The molecule has 0 aromatic heterocycles. The first-order valence-corrected chi connectivity index (χ1v) is 4.95. The summed E-state index contributed by atoms with van der Waals surface area (Å²) in [6, 6.07) is 0. The van der Waals surface area contributed by atoms with Gasteiger partial charge in [-0.05, 0) is 24.5 Å². The molecule has 0 nitrogen and oxygen atoms in total. The Hall–Kier alpha value is 0.350. The fourth-order valence-electron chi connectivity index (χ4n) is 1.25. The molecule has 1 heteroatoms. The van der Waals surface area contributed by atoms with Gasteiger partial charge in [0.1, 0.15) is 0 Å². The second-order valence-electron chi connectivity index (χ2n) is 3.18. The van der Waals surface area contributed by atoms with Gasteiger partial charge in [-0.15, -0.1) is 0 Å². The lowest BCUT2D eigenvalue weighted by molar-refractivity contribution is 0.560. The summed E-state index contributed by atoms with van der Waals surface area (Å²) in [5.41, 5.74) is 0. The Morgan fingerprint density at radius 1 is 1.22 bits per heavy atom. The second-order valence-corrected chi connectivity index (χ2v) is 4.65. The van der Waals surface area contributed by atoms with E-state index in [0.29, 0.717) is 0 Å². The lowest BCUT2D eigenvalue weighted by Gasteiger charge is -2.05. The van der Waals surface area contributed by atoms with E-state index in [1.54, 1.807) is 0 Å². The van der Waals surface area contributed by atoms with Crippen LogP contribution in [0.1, 0.15) is 33.1 Å². The number of thioether (sulfide) groups is 1. The third-order valence-electron chi connectivity index (χ3n) is 1.97. The highest BCUT2D eigenvalue weighted by Crippen LogP contribution is 2.26. The van der Waals surface area contributed by atoms with Crippen LogP contribution in [0.25, 0.3) is 0 Å². The first-order chi connectivity index (χ1) is 4.29. The highest BCUT2D eigenvalue weighted by Gasteiger charge is 2.11. The topological polar surface area (TPSA) is 0 Å². The van der Waals surface area contributed by atoms with Crippen molar-refractivity contribution in [2.75, 3.05) is 5.75 Å². The molecule has 0 aromatic rings. The fraction of sp³-hybridized carbons (Fsp3) is 1.00. The van der Waals surface area contributed by atoms with Crippen molar-refractivity contribution < 1.29 is 0 Å². The van der Waals surface area contributed by atoms with E-state index in [4.69, 9.17) is 0 Å². The van der Waals surface area contributed by atoms with Crippen LogP contribution in [0.15, 0.2) is 0 Å². The highest BCUT2D eigenvalue weighted by molar-refractivity contribution is 7.99. The van der Waals surface area contributed by atoms with Crippen molar-refractivity contribution in [1.82, 2.24) is 0 Å². The van der Waals surface area contributed by atoms with Crippen LogP contribution < -0.4 is 0 Å². The van der Waals surface area contributed by atoms with Crippen LogP contribution in [-0.4, -0.2) is 11.0 Å². The maximum atomic E-state index is 2.37. The Kier molecular flexibility index (Phi) is 2.90. The summed E-state index contributed by atoms with van der Waals surface area (Å²) in [6.45, 7) is 4.72. The van der Waals surface area contributed by atoms with Crippen LogP contribution >= 0.6 is 11.8 Å². The van der Waals surface area contributed by atoms with Gasteiger partial charge in [0.2, 0.25) is 0 Å². The van der Waals surface area contributed by atoms with Gasteiger partial charge in [0, 0.05) is 5.25 Å². The molecule has 0 aliphatic carbocycles. The van der Waals surface area contributed by atoms with Gasteiger partial charge < -0.3 is 0 Å². The van der Waals surface area contributed by atoms with E-state index in [9.17, 15) is 0 Å². The summed E-state index contributed by atoms with van der Waals surface area (Å²) in [4.78, 5) is 0. The van der Waals surface area contributed by atoms with Gasteiger partial charge in [-0.25, -0.2) is 0 Å². The average molecular weight is 144 g/mol. The minimum Gasteiger partial charge on any atom is -0.159 e. The van der Waals surface area contributed by atoms with Crippen molar-refractivity contribution >= 4 is 11.8 Å². The second kappa shape index (κ2) is 3.50. The average Bonchev–Trinajstić information content (AvgIpc) is 1.97. The van der Waals surface area contributed by atoms with Crippen LogP contribution in [0.5, 0.6) is 0 Å². The van der Waals surface area contributed by atoms with Crippen LogP contribution in [0.2, 0.25) is 0 Å². The maximum absolute atomic E-state index is 2.37. The molecule has 1 heterocycles. The first kappa shape index (κ1) is 7.46. The molecule has 54 valence electrons. The number of hydrogen-bond acceptors (Lipinski definition) is 1. The summed E-state index contributed by atoms with van der Waals surface area (Å²) < 4.78 is 0. The van der Waals surface area contributed by atoms with Crippen molar-refractivity contribution in [2.45, 2.75) is 38.4 Å². The molecule has 9 heavy (non-hydrogen) atoms. The molecule has 1 saturated heterocycles. The molecule has 0 spiro atoms. The summed E-state index contributed by atoms with van der Waals surface area (Å²) in [5, 5.41) is 0.926. The Labute approximate surface area is 62.4 Å². The Balaban J connectivity index is 2.25. The number of rotatable bonds is 0. The predicted molar refractivity (Wildman–Crippen MR) is 44.9 cm³/mol. The van der Waals surface area contributed by atoms with Gasteiger partial charge in [-0.3, -0.25) is 0 Å². The SMILES string of the molecule is CC1CCCC(C)SC1. The van der Waals surface area contributed by atoms with Crippen LogP contribution in [0.4, 0.5) is 0 Å². The molecule has 1 aliphatic rings. The molecule has 1 aliphatic heterocycles. The molecule has 1 fully saturated rings. The molecular formula is C8H16S. The largest absolute Gasteiger partial charge is 0.159 e. The van der Waals surface area contributed by atoms with Crippen molar-refractivity contribution in [3.05, 3.63) is 0 Å². The van der Waals surface area contributed by atoms with Crippen molar-refractivity contribution in [1.29, 1.82) is 0 Å². The van der Waals surface area contributed by atoms with Crippen molar-refractivity contribution in [2.24, 2.45) is 5.92 Å². The van der Waals surface area contributed by atoms with Crippen LogP contribution in [-0.2, 0) is 0 Å². The zero-order valence-corrected chi connectivity index (χ0v) is 7.21. The molecule has 2 unspecified atom stereocenters. The van der Waals surface area contributed by atoms with Crippen molar-refractivity contribution in [3.63, 3.8) is 0 Å². The quantitative estimate of drug-likeness (QED) is 0.503. The van der Waals surface area contributed by atoms with Crippen molar-refractivity contribution in [3.8, 4) is 0 Å². The third-order valence-corrected chi connectivity index (χ3v) is 3.54. The van der Waals surface area contributed by atoms with Gasteiger partial charge in [0.05, 0.1) is 0 Å². The predicted octanol–water partition coefficient (Wildman–Crippen LogP) is 2.93. The van der Waals surface area contributed by atoms with Gasteiger partial charge in [-0.2, -0.15) is 11.8 Å². The zero-order chi connectivity index (χ0) is 6.69. The molecule has 1 rings (SSSR count). The lowest BCUT2D eigenvalue weighted by atomic mass is 10.1. The monoisotopic (exact) mass is 144 g/mol. The molecule has 0 saturated carbocycles. The smallest absolute Gasteiger partial charge is 0.00188 e. The molecule has 0 radical (unpaired) electrons. The van der Waals surface area contributed by atoms with Gasteiger partial charge in [-0.1, -0.05) is 20.3 Å². The third kappa shape index (κ3) is 2.61. The Morgan fingerprint density at radius 2 is 2.00 bits per heavy atom. The van der Waals surface area contributed by atoms with E-state index >= 15 is 0 Å². The van der Waals surface area contributed by atoms with Crippen LogP contribution in [0.3, 0.4) is 0 Å². The highest BCUT2D eigenvalue weighted by atomic mass is 32.2. The normalized spacial score (nSPS) is 38.0. The van der Waals surface area contributed by atoms with E-state index in [1.807, 2.05) is 0 Å².